The van der Waals surface area contributed by atoms with Crippen LogP contribution in [0.1, 0.15) is 44.7 Å². The van der Waals surface area contributed by atoms with E-state index in [0.717, 1.165) is 5.56 Å². The summed E-state index contributed by atoms with van der Waals surface area (Å²) < 4.78 is 0. The van der Waals surface area contributed by atoms with E-state index in [0.29, 0.717) is 48.7 Å². The number of anilines is 1. The van der Waals surface area contributed by atoms with Gasteiger partial charge in [-0.2, -0.15) is 5.26 Å². The summed E-state index contributed by atoms with van der Waals surface area (Å²) in [7, 11) is 0. The molecule has 0 atom stereocenters. The first-order valence-corrected chi connectivity index (χ1v) is 10.9. The molecule has 3 rings (SSSR count). The predicted molar refractivity (Wildman–Crippen MR) is 123 cm³/mol. The Morgan fingerprint density at radius 2 is 1.77 bits per heavy atom. The van der Waals surface area contributed by atoms with Crippen molar-refractivity contribution < 1.29 is 9.59 Å². The minimum Gasteiger partial charge on any atom is -0.342 e. The lowest BCUT2D eigenvalue weighted by Crippen LogP contribution is -2.47. The summed E-state index contributed by atoms with van der Waals surface area (Å²) in [6, 6.07) is 16.9. The van der Waals surface area contributed by atoms with Crippen LogP contribution in [0.5, 0.6) is 0 Å². The van der Waals surface area contributed by atoms with Gasteiger partial charge in [-0.25, -0.2) is 0 Å². The van der Waals surface area contributed by atoms with E-state index >= 15 is 0 Å². The van der Waals surface area contributed by atoms with Gasteiger partial charge in [0.15, 0.2) is 0 Å². The van der Waals surface area contributed by atoms with Crippen LogP contribution >= 0.6 is 11.6 Å². The van der Waals surface area contributed by atoms with Crippen LogP contribution in [0, 0.1) is 22.7 Å². The summed E-state index contributed by atoms with van der Waals surface area (Å²) in [6.07, 6.45) is 1.21. The van der Waals surface area contributed by atoms with Crippen LogP contribution in [0.25, 0.3) is 0 Å². The Kier molecular flexibility index (Phi) is 7.02. The van der Waals surface area contributed by atoms with Crippen molar-refractivity contribution in [1.82, 2.24) is 4.90 Å². The van der Waals surface area contributed by atoms with Gasteiger partial charge in [-0.1, -0.05) is 62.7 Å². The first-order valence-electron chi connectivity index (χ1n) is 10.5. The molecule has 2 amide bonds. The van der Waals surface area contributed by atoms with Gasteiger partial charge in [0.05, 0.1) is 17.8 Å². The summed E-state index contributed by atoms with van der Waals surface area (Å²) in [5.41, 5.74) is 1.48. The average molecular weight is 438 g/mol. The highest BCUT2D eigenvalue weighted by Gasteiger charge is 2.34. The van der Waals surface area contributed by atoms with Crippen LogP contribution in [0.15, 0.2) is 48.5 Å². The molecular formula is C25H28ClN3O2. The highest BCUT2D eigenvalue weighted by Crippen LogP contribution is 2.31. The first-order chi connectivity index (χ1) is 14.7. The van der Waals surface area contributed by atoms with E-state index in [-0.39, 0.29) is 17.7 Å². The molecule has 5 nitrogen and oxygen atoms in total. The molecule has 31 heavy (non-hydrogen) atoms. The van der Waals surface area contributed by atoms with Crippen molar-refractivity contribution in [1.29, 1.82) is 5.26 Å². The molecule has 1 fully saturated rings. The zero-order valence-corrected chi connectivity index (χ0v) is 19.0. The van der Waals surface area contributed by atoms with E-state index in [1.165, 1.54) is 0 Å². The second-order valence-electron chi connectivity index (χ2n) is 9.00. The number of hydrogen-bond acceptors (Lipinski definition) is 3. The van der Waals surface area contributed by atoms with E-state index in [4.69, 9.17) is 11.6 Å². The zero-order chi connectivity index (χ0) is 22.6. The minimum absolute atomic E-state index is 0.0366. The molecule has 1 saturated heterocycles. The van der Waals surface area contributed by atoms with Crippen LogP contribution in [0.3, 0.4) is 0 Å². The largest absolute Gasteiger partial charge is 0.342 e. The number of nitrogens with zero attached hydrogens (tertiary/aromatic N) is 3. The molecule has 0 aliphatic carbocycles. The number of benzene rings is 2. The fourth-order valence-electron chi connectivity index (χ4n) is 3.89. The third-order valence-corrected chi connectivity index (χ3v) is 5.83. The summed E-state index contributed by atoms with van der Waals surface area (Å²) in [5.74, 6) is -0.134. The molecule has 0 aromatic heterocycles. The Morgan fingerprint density at radius 3 is 2.35 bits per heavy atom. The number of amides is 2. The maximum atomic E-state index is 13.6. The number of carbonyl (C=O) groups is 2. The van der Waals surface area contributed by atoms with Gasteiger partial charge in [-0.3, -0.25) is 9.59 Å². The second kappa shape index (κ2) is 9.53. The van der Waals surface area contributed by atoms with Gasteiger partial charge in [0, 0.05) is 29.4 Å². The number of piperidine rings is 1. The van der Waals surface area contributed by atoms with Crippen molar-refractivity contribution in [3.8, 4) is 6.07 Å². The Bertz CT molecular complexity index is 984. The molecule has 1 aliphatic heterocycles. The van der Waals surface area contributed by atoms with Gasteiger partial charge < -0.3 is 9.80 Å². The third-order valence-electron chi connectivity index (χ3n) is 5.59. The van der Waals surface area contributed by atoms with E-state index in [1.807, 2.05) is 56.0 Å². The highest BCUT2D eigenvalue weighted by atomic mass is 35.5. The molecular weight excluding hydrogens is 410 g/mol. The van der Waals surface area contributed by atoms with E-state index in [1.54, 1.807) is 23.1 Å². The van der Waals surface area contributed by atoms with Crippen molar-refractivity contribution in [3.63, 3.8) is 0 Å². The van der Waals surface area contributed by atoms with E-state index in [9.17, 15) is 14.9 Å². The first kappa shape index (κ1) is 22.8. The quantitative estimate of drug-likeness (QED) is 0.673. The van der Waals surface area contributed by atoms with Crippen LogP contribution < -0.4 is 4.90 Å². The second-order valence-corrected chi connectivity index (χ2v) is 9.44. The van der Waals surface area contributed by atoms with Crippen molar-refractivity contribution >= 4 is 29.1 Å². The summed E-state index contributed by atoms with van der Waals surface area (Å²) >= 11 is 6.22. The molecule has 0 spiro atoms. The van der Waals surface area contributed by atoms with E-state index in [2.05, 4.69) is 6.07 Å². The van der Waals surface area contributed by atoms with Gasteiger partial charge >= 0.3 is 0 Å². The van der Waals surface area contributed by atoms with Gasteiger partial charge in [0.2, 0.25) is 11.8 Å². The van der Waals surface area contributed by atoms with Crippen molar-refractivity contribution in [2.24, 2.45) is 11.3 Å². The fraction of sp³-hybridized carbons (Fsp3) is 0.400. The summed E-state index contributed by atoms with van der Waals surface area (Å²) in [6.45, 7) is 7.22. The Hall–Kier alpha value is -2.84. The van der Waals surface area contributed by atoms with Crippen molar-refractivity contribution in [2.45, 2.75) is 40.2 Å². The maximum Gasteiger partial charge on any atom is 0.230 e. The Morgan fingerprint density at radius 1 is 1.13 bits per heavy atom. The zero-order valence-electron chi connectivity index (χ0n) is 18.3. The minimum atomic E-state index is -0.432. The van der Waals surface area contributed by atoms with Gasteiger partial charge in [-0.05, 0) is 36.6 Å². The Balaban J connectivity index is 1.85. The third kappa shape index (κ3) is 5.45. The molecule has 0 saturated carbocycles. The predicted octanol–water partition coefficient (Wildman–Crippen LogP) is 5.03. The van der Waals surface area contributed by atoms with Crippen LogP contribution in [-0.4, -0.2) is 29.8 Å². The van der Waals surface area contributed by atoms with Crippen LogP contribution in [-0.2, 0) is 16.1 Å². The number of halogens is 1. The molecule has 2 aromatic rings. The monoisotopic (exact) mass is 437 g/mol. The van der Waals surface area contributed by atoms with Crippen LogP contribution in [0.4, 0.5) is 5.69 Å². The topological polar surface area (TPSA) is 64.4 Å². The van der Waals surface area contributed by atoms with Crippen molar-refractivity contribution in [2.75, 3.05) is 18.0 Å². The number of likely N-dealkylation sites (tertiary alicyclic amines) is 1. The van der Waals surface area contributed by atoms with Gasteiger partial charge in [-0.15, -0.1) is 0 Å². The molecule has 0 N–H and O–H groups in total. The van der Waals surface area contributed by atoms with Crippen molar-refractivity contribution in [3.05, 3.63) is 64.7 Å². The van der Waals surface area contributed by atoms with E-state index < -0.39 is 5.41 Å². The lowest BCUT2D eigenvalue weighted by molar-refractivity contribution is -0.142. The fourth-order valence-corrected chi connectivity index (χ4v) is 4.06. The molecule has 162 valence electrons. The normalized spacial score (nSPS) is 14.7. The molecule has 0 unspecified atom stereocenters. The molecule has 6 heteroatoms. The summed E-state index contributed by atoms with van der Waals surface area (Å²) in [4.78, 5) is 29.7. The number of rotatable bonds is 4. The molecule has 0 radical (unpaired) electrons. The highest BCUT2D eigenvalue weighted by molar-refractivity contribution is 6.31. The van der Waals surface area contributed by atoms with Crippen LogP contribution in [0.2, 0.25) is 5.02 Å². The SMILES string of the molecule is CC(C)(C)C(=O)N1CCC(C(=O)N(Cc2ccccc2)c2cc(Cl)ccc2C#N)CC1. The standard InChI is InChI=1S/C25H28ClN3O2/c1-25(2,3)24(31)28-13-11-19(12-14-28)23(30)29(17-18-7-5-4-6-8-18)22-15-21(26)10-9-20(22)16-27/h4-10,15,19H,11-14,17H2,1-3H3. The summed E-state index contributed by atoms with van der Waals surface area (Å²) in [5, 5.41) is 10.1. The maximum absolute atomic E-state index is 13.6. The smallest absolute Gasteiger partial charge is 0.230 e. The Labute approximate surface area is 189 Å². The van der Waals surface area contributed by atoms with Gasteiger partial charge in [0.25, 0.3) is 0 Å². The lowest BCUT2D eigenvalue weighted by Gasteiger charge is -2.37. The number of hydrogen-bond donors (Lipinski definition) is 0. The average Bonchev–Trinajstić information content (AvgIpc) is 2.76. The number of carbonyl (C=O) groups excluding carboxylic acids is 2. The molecule has 1 aliphatic rings. The number of nitriles is 1. The molecule has 0 bridgehead atoms. The van der Waals surface area contributed by atoms with Gasteiger partial charge in [0.1, 0.15) is 6.07 Å². The molecule has 1 heterocycles. The molecule has 2 aromatic carbocycles. The lowest BCUT2D eigenvalue weighted by atomic mass is 9.90.